The molecule has 0 aliphatic rings. The van der Waals surface area contributed by atoms with E-state index in [0.717, 1.165) is 22.3 Å². The predicted molar refractivity (Wildman–Crippen MR) is 102 cm³/mol. The maximum absolute atomic E-state index is 12.5. The summed E-state index contributed by atoms with van der Waals surface area (Å²) < 4.78 is 10.6. The summed E-state index contributed by atoms with van der Waals surface area (Å²) in [6.07, 6.45) is 1.55. The van der Waals surface area contributed by atoms with Gasteiger partial charge in [-0.05, 0) is 67.3 Å². The third-order valence-electron chi connectivity index (χ3n) is 4.29. The fourth-order valence-electron chi connectivity index (χ4n) is 2.53. The number of ether oxygens (including phenoxy) is 2. The van der Waals surface area contributed by atoms with Crippen molar-refractivity contribution in [3.8, 4) is 17.6 Å². The molecule has 26 heavy (non-hydrogen) atoms. The number of nitriles is 1. The van der Waals surface area contributed by atoms with Crippen molar-refractivity contribution in [2.24, 2.45) is 0 Å². The zero-order valence-corrected chi connectivity index (χ0v) is 15.6. The largest absolute Gasteiger partial charge is 0.493 e. The first kappa shape index (κ1) is 19.1. The Bertz CT molecular complexity index is 908. The highest BCUT2D eigenvalue weighted by Gasteiger charge is 2.14. The molecule has 0 unspecified atom stereocenters. The van der Waals surface area contributed by atoms with E-state index in [1.54, 1.807) is 26.4 Å². The first-order chi connectivity index (χ1) is 12.4. The van der Waals surface area contributed by atoms with Crippen LogP contribution in [0.25, 0.3) is 6.08 Å². The summed E-state index contributed by atoms with van der Waals surface area (Å²) in [5, 5.41) is 12.3. The standard InChI is InChI=1S/C21H22N2O3/c1-13-7-6-8-18(15(13)3)23-21(24)17(12-22)10-16-11-20(26-5)19(25-4)9-14(16)2/h6-11H,1-5H3,(H,23,24)/b17-10-. The number of anilines is 1. The smallest absolute Gasteiger partial charge is 0.266 e. The van der Waals surface area contributed by atoms with Gasteiger partial charge in [0.25, 0.3) is 5.91 Å². The molecule has 2 aromatic rings. The SMILES string of the molecule is COc1cc(C)c(/C=C(/C#N)C(=O)Nc2cccc(C)c2C)cc1OC. The van der Waals surface area contributed by atoms with Crippen LogP contribution < -0.4 is 14.8 Å². The van der Waals surface area contributed by atoms with Crippen LogP contribution in [0.4, 0.5) is 5.69 Å². The van der Waals surface area contributed by atoms with Gasteiger partial charge in [-0.2, -0.15) is 5.26 Å². The molecular weight excluding hydrogens is 328 g/mol. The van der Waals surface area contributed by atoms with Crippen molar-refractivity contribution in [1.82, 2.24) is 0 Å². The van der Waals surface area contributed by atoms with Gasteiger partial charge in [0.2, 0.25) is 0 Å². The third-order valence-corrected chi connectivity index (χ3v) is 4.29. The number of hydrogen-bond acceptors (Lipinski definition) is 4. The summed E-state index contributed by atoms with van der Waals surface area (Å²) >= 11 is 0. The van der Waals surface area contributed by atoms with Gasteiger partial charge in [-0.3, -0.25) is 4.79 Å². The van der Waals surface area contributed by atoms with E-state index in [-0.39, 0.29) is 5.57 Å². The second kappa shape index (κ2) is 8.21. The minimum Gasteiger partial charge on any atom is -0.493 e. The number of nitrogens with one attached hydrogen (secondary N) is 1. The second-order valence-electron chi connectivity index (χ2n) is 5.94. The lowest BCUT2D eigenvalue weighted by atomic mass is 10.0. The zero-order valence-electron chi connectivity index (χ0n) is 15.6. The van der Waals surface area contributed by atoms with Gasteiger partial charge in [0.1, 0.15) is 11.6 Å². The Balaban J connectivity index is 2.37. The Morgan fingerprint density at radius 2 is 1.73 bits per heavy atom. The van der Waals surface area contributed by atoms with E-state index in [0.29, 0.717) is 17.2 Å². The number of nitrogens with zero attached hydrogens (tertiary/aromatic N) is 1. The Hall–Kier alpha value is -3.26. The molecule has 5 nitrogen and oxygen atoms in total. The third kappa shape index (κ3) is 4.04. The number of carbonyl (C=O) groups excluding carboxylic acids is 1. The lowest BCUT2D eigenvalue weighted by Gasteiger charge is -2.12. The van der Waals surface area contributed by atoms with Crippen LogP contribution in [0.1, 0.15) is 22.3 Å². The van der Waals surface area contributed by atoms with E-state index in [4.69, 9.17) is 9.47 Å². The van der Waals surface area contributed by atoms with E-state index < -0.39 is 5.91 Å². The van der Waals surface area contributed by atoms with Crippen LogP contribution in [-0.2, 0) is 4.79 Å². The van der Waals surface area contributed by atoms with E-state index in [9.17, 15) is 10.1 Å². The molecule has 0 heterocycles. The van der Waals surface area contributed by atoms with E-state index in [1.807, 2.05) is 51.1 Å². The number of rotatable bonds is 5. The fourth-order valence-corrected chi connectivity index (χ4v) is 2.53. The van der Waals surface area contributed by atoms with Gasteiger partial charge < -0.3 is 14.8 Å². The second-order valence-corrected chi connectivity index (χ2v) is 5.94. The van der Waals surface area contributed by atoms with Gasteiger partial charge in [0.15, 0.2) is 11.5 Å². The minimum absolute atomic E-state index is 0.0150. The van der Waals surface area contributed by atoms with E-state index in [1.165, 1.54) is 0 Å². The van der Waals surface area contributed by atoms with Crippen LogP contribution >= 0.6 is 0 Å². The molecular formula is C21H22N2O3. The highest BCUT2D eigenvalue weighted by Crippen LogP contribution is 2.31. The normalized spacial score (nSPS) is 10.8. The van der Waals surface area contributed by atoms with E-state index in [2.05, 4.69) is 5.32 Å². The molecule has 0 aromatic heterocycles. The first-order valence-electron chi connectivity index (χ1n) is 8.13. The molecule has 0 aliphatic carbocycles. The molecule has 5 heteroatoms. The molecule has 0 saturated heterocycles. The summed E-state index contributed by atoms with van der Waals surface area (Å²) in [5.74, 6) is 0.687. The molecule has 0 fully saturated rings. The highest BCUT2D eigenvalue weighted by molar-refractivity contribution is 6.10. The number of amides is 1. The van der Waals surface area contributed by atoms with Crippen LogP contribution in [0.15, 0.2) is 35.9 Å². The molecule has 0 aliphatic heterocycles. The van der Waals surface area contributed by atoms with Gasteiger partial charge in [0, 0.05) is 5.69 Å². The number of carbonyl (C=O) groups is 1. The minimum atomic E-state index is -0.449. The van der Waals surface area contributed by atoms with Crippen LogP contribution in [0, 0.1) is 32.1 Å². The van der Waals surface area contributed by atoms with Crippen molar-refractivity contribution in [2.75, 3.05) is 19.5 Å². The van der Waals surface area contributed by atoms with Crippen molar-refractivity contribution in [3.63, 3.8) is 0 Å². The maximum Gasteiger partial charge on any atom is 0.266 e. The zero-order chi connectivity index (χ0) is 19.3. The Morgan fingerprint density at radius 3 is 2.35 bits per heavy atom. The average molecular weight is 350 g/mol. The van der Waals surface area contributed by atoms with Gasteiger partial charge in [0.05, 0.1) is 14.2 Å². The first-order valence-corrected chi connectivity index (χ1v) is 8.13. The molecule has 0 atom stereocenters. The highest BCUT2D eigenvalue weighted by atomic mass is 16.5. The van der Waals surface area contributed by atoms with Gasteiger partial charge in [-0.25, -0.2) is 0 Å². The van der Waals surface area contributed by atoms with Gasteiger partial charge >= 0.3 is 0 Å². The van der Waals surface area contributed by atoms with Crippen molar-refractivity contribution in [1.29, 1.82) is 5.26 Å². The van der Waals surface area contributed by atoms with Gasteiger partial charge in [-0.1, -0.05) is 12.1 Å². The van der Waals surface area contributed by atoms with E-state index >= 15 is 0 Å². The van der Waals surface area contributed by atoms with Crippen molar-refractivity contribution in [3.05, 3.63) is 58.2 Å². The molecule has 0 spiro atoms. The summed E-state index contributed by atoms with van der Waals surface area (Å²) in [7, 11) is 3.10. The quantitative estimate of drug-likeness (QED) is 0.649. The maximum atomic E-state index is 12.5. The molecule has 2 rings (SSSR count). The molecule has 0 saturated carbocycles. The Labute approximate surface area is 153 Å². The number of benzene rings is 2. The molecule has 1 amide bonds. The van der Waals surface area contributed by atoms with Crippen molar-refractivity contribution >= 4 is 17.7 Å². The molecule has 2 aromatic carbocycles. The summed E-state index contributed by atoms with van der Waals surface area (Å²) in [4.78, 5) is 12.5. The number of hydrogen-bond donors (Lipinski definition) is 1. The van der Waals surface area contributed by atoms with Crippen molar-refractivity contribution in [2.45, 2.75) is 20.8 Å². The molecule has 134 valence electrons. The van der Waals surface area contributed by atoms with Crippen LogP contribution in [-0.4, -0.2) is 20.1 Å². The summed E-state index contributed by atoms with van der Waals surface area (Å²) in [5.41, 5.74) is 4.34. The average Bonchev–Trinajstić information content (AvgIpc) is 2.64. The topological polar surface area (TPSA) is 71.3 Å². The van der Waals surface area contributed by atoms with Gasteiger partial charge in [-0.15, -0.1) is 0 Å². The lowest BCUT2D eigenvalue weighted by molar-refractivity contribution is -0.112. The summed E-state index contributed by atoms with van der Waals surface area (Å²) in [6, 6.07) is 11.2. The van der Waals surface area contributed by atoms with Crippen LogP contribution in [0.5, 0.6) is 11.5 Å². The predicted octanol–water partition coefficient (Wildman–Crippen LogP) is 4.17. The fraction of sp³-hybridized carbons (Fsp3) is 0.238. The Kier molecular flexibility index (Phi) is 6.03. The monoisotopic (exact) mass is 350 g/mol. The summed E-state index contributed by atoms with van der Waals surface area (Å²) in [6.45, 7) is 5.78. The van der Waals surface area contributed by atoms with Crippen LogP contribution in [0.2, 0.25) is 0 Å². The van der Waals surface area contributed by atoms with Crippen LogP contribution in [0.3, 0.4) is 0 Å². The Morgan fingerprint density at radius 1 is 1.08 bits per heavy atom. The molecule has 0 radical (unpaired) electrons. The molecule has 0 bridgehead atoms. The number of methoxy groups -OCH3 is 2. The number of aryl methyl sites for hydroxylation is 2. The molecule has 1 N–H and O–H groups in total. The van der Waals surface area contributed by atoms with Crippen molar-refractivity contribution < 1.29 is 14.3 Å². The lowest BCUT2D eigenvalue weighted by Crippen LogP contribution is -2.14.